The summed E-state index contributed by atoms with van der Waals surface area (Å²) in [5.41, 5.74) is 2.43. The summed E-state index contributed by atoms with van der Waals surface area (Å²) in [6, 6.07) is 6.20. The molecule has 1 amide bonds. The Morgan fingerprint density at radius 3 is 2.83 bits per heavy atom. The van der Waals surface area contributed by atoms with Crippen LogP contribution >= 0.6 is 12.6 Å². The zero-order valence-corrected chi connectivity index (χ0v) is 11.9. The van der Waals surface area contributed by atoms with E-state index in [2.05, 4.69) is 37.0 Å². The van der Waals surface area contributed by atoms with Crippen LogP contribution < -0.4 is 10.1 Å². The Labute approximate surface area is 114 Å². The molecule has 18 heavy (non-hydrogen) atoms. The van der Waals surface area contributed by atoms with E-state index in [1.54, 1.807) is 7.11 Å². The highest BCUT2D eigenvalue weighted by atomic mass is 32.1. The van der Waals surface area contributed by atoms with Gasteiger partial charge in [-0.25, -0.2) is 0 Å². The molecule has 100 valence electrons. The third-order valence-electron chi connectivity index (χ3n) is 2.81. The van der Waals surface area contributed by atoms with E-state index in [1.165, 1.54) is 5.56 Å². The van der Waals surface area contributed by atoms with Crippen LogP contribution in [0.5, 0.6) is 5.75 Å². The molecule has 1 N–H and O–H groups in total. The molecule has 0 aliphatic heterocycles. The lowest BCUT2D eigenvalue weighted by molar-refractivity contribution is -0.120. The van der Waals surface area contributed by atoms with Crippen molar-refractivity contribution in [2.75, 3.05) is 19.4 Å². The van der Waals surface area contributed by atoms with E-state index >= 15 is 0 Å². The first-order chi connectivity index (χ1) is 8.71. The van der Waals surface area contributed by atoms with Crippen LogP contribution in [0.25, 0.3) is 0 Å². The van der Waals surface area contributed by atoms with Gasteiger partial charge in [-0.05, 0) is 35.8 Å². The van der Waals surface area contributed by atoms with E-state index in [4.69, 9.17) is 4.74 Å². The number of thiol groups is 1. The second kappa shape index (κ2) is 8.03. The molecule has 0 fully saturated rings. The first-order valence-electron chi connectivity index (χ1n) is 6.24. The summed E-state index contributed by atoms with van der Waals surface area (Å²) < 4.78 is 5.32. The molecule has 1 aromatic rings. The molecule has 4 heteroatoms. The van der Waals surface area contributed by atoms with Gasteiger partial charge >= 0.3 is 0 Å². The van der Waals surface area contributed by atoms with Crippen molar-refractivity contribution in [3.63, 3.8) is 0 Å². The lowest BCUT2D eigenvalue weighted by atomic mass is 10.1. The zero-order chi connectivity index (χ0) is 13.4. The van der Waals surface area contributed by atoms with E-state index in [0.717, 1.165) is 24.2 Å². The minimum absolute atomic E-state index is 0.0515. The van der Waals surface area contributed by atoms with Gasteiger partial charge in [-0.3, -0.25) is 4.79 Å². The molecule has 0 heterocycles. The third-order valence-corrected chi connectivity index (χ3v) is 3.03. The normalized spacial score (nSPS) is 10.2. The Morgan fingerprint density at radius 2 is 2.22 bits per heavy atom. The highest BCUT2D eigenvalue weighted by molar-refractivity contribution is 7.80. The highest BCUT2D eigenvalue weighted by Crippen LogP contribution is 2.20. The summed E-state index contributed by atoms with van der Waals surface area (Å²) >= 11 is 4.03. The summed E-state index contributed by atoms with van der Waals surface area (Å²) in [7, 11) is 1.67. The van der Waals surface area contributed by atoms with Gasteiger partial charge < -0.3 is 10.1 Å². The number of carbonyl (C=O) groups excluding carboxylic acids is 1. The Balaban J connectivity index is 2.57. The topological polar surface area (TPSA) is 38.3 Å². The van der Waals surface area contributed by atoms with Crippen molar-refractivity contribution in [3.05, 3.63) is 29.3 Å². The van der Waals surface area contributed by atoms with Gasteiger partial charge in [0.1, 0.15) is 5.75 Å². The maximum absolute atomic E-state index is 11.3. The fourth-order valence-electron chi connectivity index (χ4n) is 1.77. The third kappa shape index (κ3) is 4.61. The second-order valence-corrected chi connectivity index (χ2v) is 4.52. The van der Waals surface area contributed by atoms with E-state index in [1.807, 2.05) is 6.07 Å². The Bertz CT molecular complexity index is 393. The Morgan fingerprint density at radius 1 is 1.44 bits per heavy atom. The molecule has 3 nitrogen and oxygen atoms in total. The Hall–Kier alpha value is -1.16. The standard InChI is InChI=1S/C14H21NO2S/c1-3-11-4-5-13(17-2)12(10-11)6-8-15-14(16)7-9-18/h4-5,10,18H,3,6-9H2,1-2H3,(H,15,16). The molecule has 0 aliphatic carbocycles. The van der Waals surface area contributed by atoms with Gasteiger partial charge in [-0.1, -0.05) is 19.1 Å². The Kier molecular flexibility index (Phi) is 6.65. The number of benzene rings is 1. The number of nitrogens with one attached hydrogen (secondary N) is 1. The molecule has 0 unspecified atom stereocenters. The van der Waals surface area contributed by atoms with Crippen LogP contribution in [0.1, 0.15) is 24.5 Å². The summed E-state index contributed by atoms with van der Waals surface area (Å²) in [6.07, 6.45) is 2.26. The van der Waals surface area contributed by atoms with E-state index in [-0.39, 0.29) is 5.91 Å². The van der Waals surface area contributed by atoms with Crippen LogP contribution in [-0.2, 0) is 17.6 Å². The largest absolute Gasteiger partial charge is 0.496 e. The molecular weight excluding hydrogens is 246 g/mol. The van der Waals surface area contributed by atoms with Crippen LogP contribution in [0.3, 0.4) is 0 Å². The summed E-state index contributed by atoms with van der Waals surface area (Å²) in [6.45, 7) is 2.76. The molecule has 0 saturated carbocycles. The van der Waals surface area contributed by atoms with Crippen molar-refractivity contribution >= 4 is 18.5 Å². The molecule has 0 atom stereocenters. The van der Waals surface area contributed by atoms with Gasteiger partial charge in [0.15, 0.2) is 0 Å². The molecule has 1 aromatic carbocycles. The number of methoxy groups -OCH3 is 1. The molecule has 1 rings (SSSR count). The quantitative estimate of drug-likeness (QED) is 0.744. The monoisotopic (exact) mass is 267 g/mol. The maximum Gasteiger partial charge on any atom is 0.220 e. The molecule has 0 radical (unpaired) electrons. The predicted molar refractivity (Wildman–Crippen MR) is 77.6 cm³/mol. The second-order valence-electron chi connectivity index (χ2n) is 4.07. The molecule has 0 spiro atoms. The summed E-state index contributed by atoms with van der Waals surface area (Å²) in [4.78, 5) is 11.3. The van der Waals surface area contributed by atoms with E-state index in [0.29, 0.717) is 18.7 Å². The zero-order valence-electron chi connectivity index (χ0n) is 11.0. The van der Waals surface area contributed by atoms with E-state index < -0.39 is 0 Å². The number of hydrogen-bond donors (Lipinski definition) is 2. The van der Waals surface area contributed by atoms with Crippen LogP contribution in [0, 0.1) is 0 Å². The van der Waals surface area contributed by atoms with Crippen molar-refractivity contribution in [2.24, 2.45) is 0 Å². The molecule has 0 aliphatic rings. The average Bonchev–Trinajstić information content (AvgIpc) is 2.39. The van der Waals surface area contributed by atoms with Gasteiger partial charge in [0.2, 0.25) is 5.91 Å². The van der Waals surface area contributed by atoms with Crippen LogP contribution in [0.2, 0.25) is 0 Å². The molecule has 0 bridgehead atoms. The average molecular weight is 267 g/mol. The van der Waals surface area contributed by atoms with Gasteiger partial charge in [-0.15, -0.1) is 0 Å². The first kappa shape index (κ1) is 14.9. The smallest absolute Gasteiger partial charge is 0.220 e. The molecular formula is C14H21NO2S. The van der Waals surface area contributed by atoms with Gasteiger partial charge in [0, 0.05) is 13.0 Å². The number of ether oxygens (including phenoxy) is 1. The van der Waals surface area contributed by atoms with Crippen molar-refractivity contribution in [2.45, 2.75) is 26.2 Å². The fraction of sp³-hybridized carbons (Fsp3) is 0.500. The van der Waals surface area contributed by atoms with Gasteiger partial charge in [0.25, 0.3) is 0 Å². The SMILES string of the molecule is CCc1ccc(OC)c(CCNC(=O)CCS)c1. The highest BCUT2D eigenvalue weighted by Gasteiger charge is 2.05. The lowest BCUT2D eigenvalue weighted by Gasteiger charge is -2.11. The summed E-state index contributed by atoms with van der Waals surface area (Å²) in [5.74, 6) is 1.52. The number of aryl methyl sites for hydroxylation is 1. The molecule has 0 saturated heterocycles. The number of rotatable bonds is 7. The predicted octanol–water partition coefficient (Wildman–Crippen LogP) is 2.24. The minimum atomic E-state index is 0.0515. The van der Waals surface area contributed by atoms with Gasteiger partial charge in [-0.2, -0.15) is 12.6 Å². The van der Waals surface area contributed by atoms with Crippen molar-refractivity contribution in [3.8, 4) is 5.75 Å². The fourth-order valence-corrected chi connectivity index (χ4v) is 1.98. The van der Waals surface area contributed by atoms with Crippen molar-refractivity contribution in [1.29, 1.82) is 0 Å². The van der Waals surface area contributed by atoms with Crippen LogP contribution in [0.4, 0.5) is 0 Å². The van der Waals surface area contributed by atoms with Crippen molar-refractivity contribution < 1.29 is 9.53 Å². The van der Waals surface area contributed by atoms with E-state index in [9.17, 15) is 4.79 Å². The number of amides is 1. The first-order valence-corrected chi connectivity index (χ1v) is 6.87. The number of hydrogen-bond acceptors (Lipinski definition) is 3. The van der Waals surface area contributed by atoms with Crippen LogP contribution in [-0.4, -0.2) is 25.3 Å². The van der Waals surface area contributed by atoms with Gasteiger partial charge in [0.05, 0.1) is 7.11 Å². The summed E-state index contributed by atoms with van der Waals surface area (Å²) in [5, 5.41) is 2.88. The molecule has 0 aromatic heterocycles. The minimum Gasteiger partial charge on any atom is -0.496 e. The number of carbonyl (C=O) groups is 1. The van der Waals surface area contributed by atoms with Crippen LogP contribution in [0.15, 0.2) is 18.2 Å². The maximum atomic E-state index is 11.3. The van der Waals surface area contributed by atoms with Crippen molar-refractivity contribution in [1.82, 2.24) is 5.32 Å². The lowest BCUT2D eigenvalue weighted by Crippen LogP contribution is -2.25.